The lowest BCUT2D eigenvalue weighted by atomic mass is 10.0. The van der Waals surface area contributed by atoms with Crippen LogP contribution in [-0.2, 0) is 114 Å². The lowest BCUT2D eigenvalue weighted by Crippen LogP contribution is -2.57. The van der Waals surface area contributed by atoms with E-state index in [2.05, 4.69) is 47.9 Å². The highest BCUT2D eigenvalue weighted by atomic mass is 16.6. The number of hydrogen-bond acceptors (Lipinski definition) is 25. The third-order valence-corrected chi connectivity index (χ3v) is 15.0. The number of carboxylic acids is 1. The molecule has 1 rings (SSSR count). The maximum absolute atomic E-state index is 13.5. The van der Waals surface area contributed by atoms with Crippen LogP contribution < -0.4 is 47.9 Å². The van der Waals surface area contributed by atoms with Crippen LogP contribution >= 0.6 is 0 Å². The molecule has 0 fully saturated rings. The summed E-state index contributed by atoms with van der Waals surface area (Å²) < 4.78 is 60.5. The minimum atomic E-state index is -1.31. The Balaban J connectivity index is 2.07. The van der Waals surface area contributed by atoms with E-state index in [9.17, 15) is 72.2 Å². The average Bonchev–Trinajstić information content (AvgIpc) is 1.84. The molecule has 11 amide bonds. The maximum Gasteiger partial charge on any atom is 0.329 e. The molecule has 5 atom stereocenters. The first-order chi connectivity index (χ1) is 51.5. The molecule has 0 bridgehead atoms. The largest absolute Gasteiger partial charge is 0.480 e. The Labute approximate surface area is 640 Å². The number of ether oxygens (including phenoxy) is 11. The number of carbonyl (C=O) groups is 14. The van der Waals surface area contributed by atoms with Gasteiger partial charge in [0.25, 0.3) is 11.8 Å². The monoisotopic (exact) mass is 1560 g/mol. The van der Waals surface area contributed by atoms with Crippen molar-refractivity contribution in [3.8, 4) is 0 Å². The number of unbranched alkanes of at least 4 members (excludes halogenated alkanes) is 3. The molecule has 109 heavy (non-hydrogen) atoms. The molecule has 1 aliphatic heterocycles. The van der Waals surface area contributed by atoms with E-state index in [0.29, 0.717) is 131 Å². The summed E-state index contributed by atoms with van der Waals surface area (Å²) in [5, 5.41) is 32.8. The van der Waals surface area contributed by atoms with Crippen LogP contribution in [0.15, 0.2) is 12.2 Å². The molecule has 0 saturated carbocycles. The summed E-state index contributed by atoms with van der Waals surface area (Å²) in [6.07, 6.45) is 5.03. The number of carbonyl (C=O) groups excluding carboxylic acids is 13. The summed E-state index contributed by atoms with van der Waals surface area (Å²) in [6, 6.07) is -6.86. The highest BCUT2D eigenvalue weighted by molar-refractivity contribution is 6.12. The molecule has 36 heteroatoms. The zero-order chi connectivity index (χ0) is 81.6. The van der Waals surface area contributed by atoms with E-state index >= 15 is 0 Å². The van der Waals surface area contributed by atoms with Crippen LogP contribution in [0.1, 0.15) is 179 Å². The van der Waals surface area contributed by atoms with Gasteiger partial charge in [-0.2, -0.15) is 0 Å². The molecule has 0 aliphatic carbocycles. The van der Waals surface area contributed by atoms with Gasteiger partial charge in [0.2, 0.25) is 41.4 Å². The first kappa shape index (κ1) is 99.0. The van der Waals surface area contributed by atoms with Crippen molar-refractivity contribution in [1.82, 2.24) is 52.8 Å². The van der Waals surface area contributed by atoms with Gasteiger partial charge in [-0.25, -0.2) is 14.4 Å². The van der Waals surface area contributed by atoms with Crippen LogP contribution in [0.5, 0.6) is 0 Å². The molecular weight excluding hydrogens is 1430 g/mol. The molecule has 3 unspecified atom stereocenters. The van der Waals surface area contributed by atoms with Crippen molar-refractivity contribution >= 4 is 83.1 Å². The molecule has 0 radical (unpaired) electrons. The zero-order valence-electron chi connectivity index (χ0n) is 66.2. The number of esters is 3. The zero-order valence-corrected chi connectivity index (χ0v) is 66.2. The molecule has 36 nitrogen and oxygen atoms in total. The number of carboxylic acid groups (broad SMARTS) is 1. The molecule has 10 N–H and O–H groups in total. The predicted molar refractivity (Wildman–Crippen MR) is 394 cm³/mol. The molecular formula is C73H126N10O26. The van der Waals surface area contributed by atoms with Crippen molar-refractivity contribution in [2.75, 3.05) is 138 Å². The van der Waals surface area contributed by atoms with Crippen molar-refractivity contribution in [2.24, 2.45) is 5.92 Å². The van der Waals surface area contributed by atoms with Crippen molar-refractivity contribution in [1.29, 1.82) is 0 Å². The molecule has 0 aromatic carbocycles. The Hall–Kier alpha value is -8.00. The van der Waals surface area contributed by atoms with Crippen LogP contribution in [0.3, 0.4) is 0 Å². The summed E-state index contributed by atoms with van der Waals surface area (Å²) in [5.74, 6) is -8.14. The van der Waals surface area contributed by atoms with Gasteiger partial charge in [0.15, 0.2) is 0 Å². The van der Waals surface area contributed by atoms with Crippen molar-refractivity contribution in [3.63, 3.8) is 0 Å². The van der Waals surface area contributed by atoms with E-state index < -0.39 is 118 Å². The van der Waals surface area contributed by atoms with Gasteiger partial charge >= 0.3 is 29.9 Å². The van der Waals surface area contributed by atoms with Gasteiger partial charge in [0, 0.05) is 83.4 Å². The van der Waals surface area contributed by atoms with Gasteiger partial charge in [0.05, 0.1) is 106 Å². The second-order valence-corrected chi connectivity index (χ2v) is 28.7. The summed E-state index contributed by atoms with van der Waals surface area (Å²) in [7, 11) is 0. The highest BCUT2D eigenvalue weighted by Gasteiger charge is 2.34. The number of amides is 11. The molecule has 0 aromatic rings. The molecule has 0 aromatic heterocycles. The van der Waals surface area contributed by atoms with Crippen LogP contribution in [0, 0.1) is 5.92 Å². The number of urea groups is 1. The smallest absolute Gasteiger partial charge is 0.329 e. The fraction of sp³-hybridized carbons (Fsp3) is 0.781. The summed E-state index contributed by atoms with van der Waals surface area (Å²) >= 11 is 0. The van der Waals surface area contributed by atoms with E-state index in [-0.39, 0.29) is 115 Å². The fourth-order valence-electron chi connectivity index (χ4n) is 9.52. The predicted octanol–water partition coefficient (Wildman–Crippen LogP) is 1.64. The number of hydrogen-bond donors (Lipinski definition) is 10. The van der Waals surface area contributed by atoms with Crippen molar-refractivity contribution < 1.29 is 124 Å². The van der Waals surface area contributed by atoms with Crippen molar-refractivity contribution in [2.45, 2.75) is 226 Å². The van der Waals surface area contributed by atoms with Gasteiger partial charge in [-0.1, -0.05) is 20.3 Å². The Morgan fingerprint density at radius 3 is 1.26 bits per heavy atom. The molecule has 0 spiro atoms. The standard InChI is InChI=1S/C73H126N10O26/c1-51(2)64(66(93)78-52(3)67(94)95)82-65(92)53(79-60(88)21-18-34-83-61(89)25-26-62(83)90)22-24-57(85)76-32-28-58(86)77-33-36-100-38-40-102-42-44-104-46-48-106-50-49-105-47-45-103-43-41-101-39-37-99-35-29-59(87)75-30-16-13-14-20-56(84)74-31-17-15-19-54(68(96)108-72(7,8)9)80-70(98)81-55(69(97)109-73(10,11)12)23-27-63(91)107-71(4,5)6/h25-26,51-55,64H,13-24,27-50H2,1-12H3,(H,74,84)(H,75,87)(H,76,85)(H,77,86)(H,78,93)(H,79,88)(H,82,92)(H,94,95)(H2,80,81,98)/t52-,53?,54?,55?,64-/m0/s1. The Morgan fingerprint density at radius 2 is 0.780 bits per heavy atom. The average molecular weight is 1560 g/mol. The van der Waals surface area contributed by atoms with E-state index in [1.165, 1.54) is 6.92 Å². The van der Waals surface area contributed by atoms with Gasteiger partial charge < -0.3 is 105 Å². The summed E-state index contributed by atoms with van der Waals surface area (Å²) in [6.45, 7) is 26.2. The summed E-state index contributed by atoms with van der Waals surface area (Å²) in [5.41, 5.74) is -2.46. The Bertz CT molecular complexity index is 2790. The number of aliphatic carboxylic acids is 1. The molecule has 0 saturated heterocycles. The first-order valence-corrected chi connectivity index (χ1v) is 37.6. The normalized spacial score (nSPS) is 13.6. The first-order valence-electron chi connectivity index (χ1n) is 37.6. The van der Waals surface area contributed by atoms with E-state index in [1.807, 2.05) is 0 Å². The molecule has 1 heterocycles. The maximum atomic E-state index is 13.5. The number of nitrogens with one attached hydrogen (secondary N) is 9. The third kappa shape index (κ3) is 54.3. The van der Waals surface area contributed by atoms with E-state index in [4.69, 9.17) is 52.1 Å². The van der Waals surface area contributed by atoms with E-state index in [0.717, 1.165) is 23.5 Å². The minimum absolute atomic E-state index is 0.0298. The fourth-order valence-corrected chi connectivity index (χ4v) is 9.52. The summed E-state index contributed by atoms with van der Waals surface area (Å²) in [4.78, 5) is 177. The van der Waals surface area contributed by atoms with Crippen LogP contribution in [0.25, 0.3) is 0 Å². The third-order valence-electron chi connectivity index (χ3n) is 15.0. The number of imide groups is 1. The van der Waals surface area contributed by atoms with Gasteiger partial charge in [-0.15, -0.1) is 0 Å². The van der Waals surface area contributed by atoms with Crippen LogP contribution in [0.4, 0.5) is 4.79 Å². The molecule has 1 aliphatic rings. The van der Waals surface area contributed by atoms with Crippen LogP contribution in [0.2, 0.25) is 0 Å². The molecule has 624 valence electrons. The Kier molecular flexibility index (Phi) is 51.9. The second kappa shape index (κ2) is 57.1. The SMILES string of the molecule is CC(C)[C@H](NC(=O)C(CCC(=O)NCCC(=O)NCCOCCOCCOCCOCCOCCOCCOCCOCCC(=O)NCCCCCC(=O)NCCCCC(NC(=O)NC(CCC(=O)OC(C)(C)C)C(=O)OC(C)(C)C)C(=O)OC(C)(C)C)NC(=O)CCCN1C(=O)C=CC1=O)C(=O)N[C@@H](C)C(=O)O. The lowest BCUT2D eigenvalue weighted by Gasteiger charge is -2.27. The minimum Gasteiger partial charge on any atom is -0.480 e. The van der Waals surface area contributed by atoms with Gasteiger partial charge in [0.1, 0.15) is 47.0 Å². The van der Waals surface area contributed by atoms with E-state index in [1.54, 1.807) is 76.2 Å². The lowest BCUT2D eigenvalue weighted by molar-refractivity contribution is -0.159. The number of nitrogens with zero attached hydrogens (tertiary/aromatic N) is 1. The van der Waals surface area contributed by atoms with Gasteiger partial charge in [-0.3, -0.25) is 57.6 Å². The van der Waals surface area contributed by atoms with Crippen molar-refractivity contribution in [3.05, 3.63) is 12.2 Å². The topological polar surface area (TPSA) is 472 Å². The van der Waals surface area contributed by atoms with Gasteiger partial charge in [-0.05, 0) is 127 Å². The number of rotatable bonds is 62. The van der Waals surface area contributed by atoms with Crippen LogP contribution in [-0.4, -0.2) is 279 Å². The Morgan fingerprint density at radius 1 is 0.376 bits per heavy atom. The highest BCUT2D eigenvalue weighted by Crippen LogP contribution is 2.17. The second-order valence-electron chi connectivity index (χ2n) is 28.7. The quantitative estimate of drug-likeness (QED) is 0.0179.